The van der Waals surface area contributed by atoms with Gasteiger partial charge in [0.05, 0.1) is 24.9 Å². The minimum Gasteiger partial charge on any atom is -0.377 e. The van der Waals surface area contributed by atoms with Crippen molar-refractivity contribution in [1.29, 1.82) is 0 Å². The normalized spacial score (nSPS) is 21.8. The van der Waals surface area contributed by atoms with Crippen LogP contribution in [0.15, 0.2) is 6.07 Å². The third-order valence-electron chi connectivity index (χ3n) is 3.87. The molecule has 2 aliphatic rings. The number of anilines is 1. The first-order valence-corrected chi connectivity index (χ1v) is 7.00. The molecule has 1 atom stereocenters. The lowest BCUT2D eigenvalue weighted by Gasteiger charge is -2.34. The van der Waals surface area contributed by atoms with E-state index in [2.05, 4.69) is 22.5 Å². The van der Waals surface area contributed by atoms with Crippen LogP contribution in [0.5, 0.6) is 0 Å². The van der Waals surface area contributed by atoms with E-state index in [-0.39, 0.29) is 11.9 Å². The largest absolute Gasteiger partial charge is 0.377 e. The predicted octanol–water partition coefficient (Wildman–Crippen LogP) is 0.270. The van der Waals surface area contributed by atoms with Gasteiger partial charge in [-0.15, -0.1) is 0 Å². The molecule has 1 amide bonds. The van der Waals surface area contributed by atoms with Gasteiger partial charge in [-0.25, -0.2) is 4.98 Å². The van der Waals surface area contributed by atoms with Gasteiger partial charge < -0.3 is 20.3 Å². The Kier molecular flexibility index (Phi) is 3.58. The Morgan fingerprint density at radius 1 is 1.60 bits per heavy atom. The first-order valence-electron chi connectivity index (χ1n) is 7.00. The molecule has 0 bridgehead atoms. The summed E-state index contributed by atoms with van der Waals surface area (Å²) in [6, 6.07) is 2.19. The zero-order chi connectivity index (χ0) is 14.1. The SMILES string of the molecule is CNCc1nc(N2CCOCC2C)cc2c1CNC2=O. The molecule has 0 saturated carbocycles. The van der Waals surface area contributed by atoms with Crippen molar-refractivity contribution in [2.75, 3.05) is 31.7 Å². The van der Waals surface area contributed by atoms with E-state index in [1.165, 1.54) is 0 Å². The zero-order valence-electron chi connectivity index (χ0n) is 11.9. The van der Waals surface area contributed by atoms with E-state index in [0.29, 0.717) is 26.3 Å². The minimum absolute atomic E-state index is 0.00177. The van der Waals surface area contributed by atoms with Gasteiger partial charge in [-0.3, -0.25) is 4.79 Å². The van der Waals surface area contributed by atoms with Gasteiger partial charge in [-0.05, 0) is 20.0 Å². The van der Waals surface area contributed by atoms with Gasteiger partial charge in [-0.2, -0.15) is 0 Å². The Morgan fingerprint density at radius 2 is 2.45 bits per heavy atom. The van der Waals surface area contributed by atoms with Crippen LogP contribution in [-0.4, -0.2) is 43.7 Å². The fourth-order valence-corrected chi connectivity index (χ4v) is 2.80. The number of carbonyl (C=O) groups excluding carboxylic acids is 1. The van der Waals surface area contributed by atoms with Crippen LogP contribution in [0.3, 0.4) is 0 Å². The average molecular weight is 276 g/mol. The average Bonchev–Trinajstić information content (AvgIpc) is 2.82. The summed E-state index contributed by atoms with van der Waals surface area (Å²) in [6.07, 6.45) is 0. The van der Waals surface area contributed by atoms with Crippen LogP contribution in [-0.2, 0) is 17.8 Å². The minimum atomic E-state index is 0.00177. The summed E-state index contributed by atoms with van der Waals surface area (Å²) in [5.41, 5.74) is 2.74. The number of hydrogen-bond acceptors (Lipinski definition) is 5. The standard InChI is InChI=1S/C14H20N4O2/c1-9-8-20-4-3-18(9)13-5-10-11(6-16-14(10)19)12(17-13)7-15-2/h5,9,15H,3-4,6-8H2,1-2H3,(H,16,19). The van der Waals surface area contributed by atoms with E-state index in [4.69, 9.17) is 9.72 Å². The molecular formula is C14H20N4O2. The Labute approximate surface area is 118 Å². The van der Waals surface area contributed by atoms with Crippen LogP contribution in [0.1, 0.15) is 28.5 Å². The van der Waals surface area contributed by atoms with E-state index >= 15 is 0 Å². The second-order valence-electron chi connectivity index (χ2n) is 5.28. The quantitative estimate of drug-likeness (QED) is 0.829. The summed E-state index contributed by atoms with van der Waals surface area (Å²) in [5.74, 6) is 0.878. The molecule has 0 radical (unpaired) electrons. The van der Waals surface area contributed by atoms with E-state index < -0.39 is 0 Å². The van der Waals surface area contributed by atoms with Crippen molar-refractivity contribution in [2.45, 2.75) is 26.1 Å². The van der Waals surface area contributed by atoms with Crippen molar-refractivity contribution >= 4 is 11.7 Å². The summed E-state index contributed by atoms with van der Waals surface area (Å²) >= 11 is 0. The molecule has 2 aliphatic heterocycles. The van der Waals surface area contributed by atoms with Crippen LogP contribution in [0, 0.1) is 0 Å². The molecule has 6 nitrogen and oxygen atoms in total. The number of nitrogens with zero attached hydrogens (tertiary/aromatic N) is 2. The lowest BCUT2D eigenvalue weighted by Crippen LogP contribution is -2.44. The third-order valence-corrected chi connectivity index (χ3v) is 3.87. The lowest BCUT2D eigenvalue weighted by atomic mass is 10.1. The highest BCUT2D eigenvalue weighted by Crippen LogP contribution is 2.26. The van der Waals surface area contributed by atoms with Crippen molar-refractivity contribution in [3.63, 3.8) is 0 Å². The number of amides is 1. The summed E-state index contributed by atoms with van der Waals surface area (Å²) in [4.78, 5) is 18.9. The Morgan fingerprint density at radius 3 is 3.20 bits per heavy atom. The molecular weight excluding hydrogens is 256 g/mol. The lowest BCUT2D eigenvalue weighted by molar-refractivity contribution is 0.0965. The molecule has 20 heavy (non-hydrogen) atoms. The van der Waals surface area contributed by atoms with Crippen LogP contribution in [0.25, 0.3) is 0 Å². The molecule has 1 unspecified atom stereocenters. The molecule has 3 rings (SSSR count). The molecule has 0 aromatic carbocycles. The highest BCUT2D eigenvalue weighted by atomic mass is 16.5. The molecule has 1 fully saturated rings. The van der Waals surface area contributed by atoms with Gasteiger partial charge in [-0.1, -0.05) is 0 Å². The fourth-order valence-electron chi connectivity index (χ4n) is 2.80. The van der Waals surface area contributed by atoms with Gasteiger partial charge in [0.2, 0.25) is 0 Å². The Bertz CT molecular complexity index is 532. The third kappa shape index (κ3) is 2.25. The number of carbonyl (C=O) groups is 1. The molecule has 3 heterocycles. The van der Waals surface area contributed by atoms with E-state index in [9.17, 15) is 4.79 Å². The first kappa shape index (κ1) is 13.3. The monoisotopic (exact) mass is 276 g/mol. The van der Waals surface area contributed by atoms with Gasteiger partial charge in [0.1, 0.15) is 5.82 Å². The van der Waals surface area contributed by atoms with Gasteiger partial charge >= 0.3 is 0 Å². The number of aromatic nitrogens is 1. The van der Waals surface area contributed by atoms with Crippen molar-refractivity contribution in [1.82, 2.24) is 15.6 Å². The van der Waals surface area contributed by atoms with Gasteiger partial charge in [0.15, 0.2) is 0 Å². The molecule has 1 saturated heterocycles. The topological polar surface area (TPSA) is 66.5 Å². The van der Waals surface area contributed by atoms with E-state index in [1.807, 2.05) is 13.1 Å². The number of pyridine rings is 1. The Hall–Kier alpha value is -1.66. The number of morpholine rings is 1. The van der Waals surface area contributed by atoms with Crippen LogP contribution >= 0.6 is 0 Å². The number of rotatable bonds is 3. The fraction of sp³-hybridized carbons (Fsp3) is 0.571. The molecule has 0 aliphatic carbocycles. The maximum Gasteiger partial charge on any atom is 0.252 e. The number of hydrogen-bond donors (Lipinski definition) is 2. The maximum atomic E-state index is 11.9. The maximum absolute atomic E-state index is 11.9. The second-order valence-corrected chi connectivity index (χ2v) is 5.28. The number of fused-ring (bicyclic) bond motifs is 1. The molecule has 2 N–H and O–H groups in total. The Balaban J connectivity index is 2.01. The molecule has 6 heteroatoms. The van der Waals surface area contributed by atoms with E-state index in [1.54, 1.807) is 0 Å². The number of nitrogens with one attached hydrogen (secondary N) is 2. The highest BCUT2D eigenvalue weighted by Gasteiger charge is 2.27. The van der Waals surface area contributed by atoms with Gasteiger partial charge in [0.25, 0.3) is 5.91 Å². The van der Waals surface area contributed by atoms with Crippen molar-refractivity contribution in [2.24, 2.45) is 0 Å². The van der Waals surface area contributed by atoms with Crippen molar-refractivity contribution < 1.29 is 9.53 Å². The summed E-state index contributed by atoms with van der Waals surface area (Å²) in [6.45, 7) is 5.59. The molecule has 0 spiro atoms. The molecule has 1 aromatic heterocycles. The van der Waals surface area contributed by atoms with E-state index in [0.717, 1.165) is 29.2 Å². The zero-order valence-corrected chi connectivity index (χ0v) is 11.9. The van der Waals surface area contributed by atoms with Crippen LogP contribution in [0.2, 0.25) is 0 Å². The van der Waals surface area contributed by atoms with Crippen LogP contribution in [0.4, 0.5) is 5.82 Å². The summed E-state index contributed by atoms with van der Waals surface area (Å²) < 4.78 is 5.46. The molecule has 108 valence electrons. The van der Waals surface area contributed by atoms with Crippen LogP contribution < -0.4 is 15.5 Å². The van der Waals surface area contributed by atoms with Crippen molar-refractivity contribution in [3.8, 4) is 0 Å². The van der Waals surface area contributed by atoms with Gasteiger partial charge in [0, 0.05) is 30.8 Å². The molecule has 1 aromatic rings. The summed E-state index contributed by atoms with van der Waals surface area (Å²) in [7, 11) is 1.89. The smallest absolute Gasteiger partial charge is 0.252 e. The predicted molar refractivity (Wildman–Crippen MR) is 75.8 cm³/mol. The highest BCUT2D eigenvalue weighted by molar-refractivity contribution is 5.99. The summed E-state index contributed by atoms with van der Waals surface area (Å²) in [5, 5.41) is 6.00. The van der Waals surface area contributed by atoms with Crippen molar-refractivity contribution in [3.05, 3.63) is 22.9 Å². The second kappa shape index (κ2) is 5.38. The first-order chi connectivity index (χ1) is 9.70. The number of ether oxygens (including phenoxy) is 1.